The summed E-state index contributed by atoms with van der Waals surface area (Å²) in [7, 11) is 0. The summed E-state index contributed by atoms with van der Waals surface area (Å²) in [5, 5.41) is 0. The molecule has 0 spiro atoms. The summed E-state index contributed by atoms with van der Waals surface area (Å²) in [6.07, 6.45) is 0.816. The van der Waals surface area contributed by atoms with Crippen molar-refractivity contribution in [2.24, 2.45) is 17.6 Å². The van der Waals surface area contributed by atoms with Crippen molar-refractivity contribution in [3.05, 3.63) is 0 Å². The summed E-state index contributed by atoms with van der Waals surface area (Å²) in [6.45, 7) is 6.40. The minimum atomic E-state index is 0.144. The predicted molar refractivity (Wildman–Crippen MR) is 42.7 cm³/mol. The molecule has 2 nitrogen and oxygen atoms in total. The molecule has 60 valence electrons. The van der Waals surface area contributed by atoms with Crippen LogP contribution in [0.4, 0.5) is 0 Å². The van der Waals surface area contributed by atoms with Crippen LogP contribution < -0.4 is 5.73 Å². The number of hydrogen-bond donors (Lipinski definition) is 1. The lowest BCUT2D eigenvalue weighted by Gasteiger charge is -2.10. The van der Waals surface area contributed by atoms with Crippen molar-refractivity contribution >= 4 is 5.78 Å². The minimum Gasteiger partial charge on any atom is -0.330 e. The largest absolute Gasteiger partial charge is 0.330 e. The van der Waals surface area contributed by atoms with Crippen molar-refractivity contribution in [1.29, 1.82) is 0 Å². The lowest BCUT2D eigenvalue weighted by molar-refractivity contribution is -0.125. The van der Waals surface area contributed by atoms with Crippen LogP contribution in [0.25, 0.3) is 0 Å². The first kappa shape index (κ1) is 9.63. The highest BCUT2D eigenvalue weighted by molar-refractivity contribution is 5.82. The Kier molecular flexibility index (Phi) is 4.28. The van der Waals surface area contributed by atoms with Gasteiger partial charge in [0.25, 0.3) is 0 Å². The summed E-state index contributed by atoms with van der Waals surface area (Å²) in [4.78, 5) is 11.2. The van der Waals surface area contributed by atoms with Gasteiger partial charge in [0, 0.05) is 11.8 Å². The zero-order valence-electron chi connectivity index (χ0n) is 7.05. The maximum Gasteiger partial charge on any atom is 0.138 e. The van der Waals surface area contributed by atoms with Crippen LogP contribution in [0.3, 0.4) is 0 Å². The number of carbonyl (C=O) groups excluding carboxylic acids is 1. The highest BCUT2D eigenvalue weighted by atomic mass is 16.1. The Hall–Kier alpha value is -0.370. The number of ketones is 1. The van der Waals surface area contributed by atoms with E-state index in [9.17, 15) is 4.79 Å². The zero-order chi connectivity index (χ0) is 8.15. The maximum atomic E-state index is 11.2. The zero-order valence-corrected chi connectivity index (χ0v) is 7.05. The molecule has 10 heavy (non-hydrogen) atoms. The van der Waals surface area contributed by atoms with Gasteiger partial charge >= 0.3 is 0 Å². The van der Waals surface area contributed by atoms with Crippen molar-refractivity contribution in [2.45, 2.75) is 27.2 Å². The van der Waals surface area contributed by atoms with Gasteiger partial charge in [0.15, 0.2) is 0 Å². The van der Waals surface area contributed by atoms with Crippen LogP contribution in [0.15, 0.2) is 0 Å². The van der Waals surface area contributed by atoms with Crippen molar-refractivity contribution in [3.8, 4) is 0 Å². The fourth-order valence-corrected chi connectivity index (χ4v) is 0.961. The molecule has 0 aliphatic rings. The van der Waals surface area contributed by atoms with Crippen molar-refractivity contribution < 1.29 is 4.79 Å². The molecular formula is C8H17NO. The first-order chi connectivity index (χ1) is 4.59. The summed E-state index contributed by atoms with van der Waals surface area (Å²) in [5.41, 5.74) is 5.32. The maximum absolute atomic E-state index is 11.2. The third-order valence-corrected chi connectivity index (χ3v) is 1.65. The summed E-state index contributed by atoms with van der Waals surface area (Å²) in [5.74, 6) is 0.622. The van der Waals surface area contributed by atoms with E-state index < -0.39 is 0 Å². The highest BCUT2D eigenvalue weighted by Crippen LogP contribution is 2.08. The molecule has 0 unspecified atom stereocenters. The highest BCUT2D eigenvalue weighted by Gasteiger charge is 2.14. The molecule has 0 aliphatic heterocycles. The molecule has 0 fully saturated rings. The quantitative estimate of drug-likeness (QED) is 0.642. The molecule has 0 saturated heterocycles. The van der Waals surface area contributed by atoms with Crippen molar-refractivity contribution in [1.82, 2.24) is 0 Å². The van der Waals surface area contributed by atoms with E-state index in [4.69, 9.17) is 5.73 Å². The van der Waals surface area contributed by atoms with Gasteiger partial charge in [-0.3, -0.25) is 4.79 Å². The van der Waals surface area contributed by atoms with Crippen molar-refractivity contribution in [2.75, 3.05) is 6.54 Å². The van der Waals surface area contributed by atoms with E-state index >= 15 is 0 Å². The fourth-order valence-electron chi connectivity index (χ4n) is 0.961. The molecule has 2 heteroatoms. The van der Waals surface area contributed by atoms with Crippen LogP contribution in [0.2, 0.25) is 0 Å². The average molecular weight is 143 g/mol. The molecule has 1 atom stereocenters. The van der Waals surface area contributed by atoms with Gasteiger partial charge in [0.1, 0.15) is 5.78 Å². The third kappa shape index (κ3) is 2.97. The molecule has 0 aromatic rings. The van der Waals surface area contributed by atoms with Crippen molar-refractivity contribution in [3.63, 3.8) is 0 Å². The predicted octanol–water partition coefficient (Wildman–Crippen LogP) is 1.20. The molecule has 0 saturated carbocycles. The summed E-state index contributed by atoms with van der Waals surface area (Å²) in [6, 6.07) is 0. The van der Waals surface area contributed by atoms with Gasteiger partial charge in [-0.25, -0.2) is 0 Å². The summed E-state index contributed by atoms with van der Waals surface area (Å²) < 4.78 is 0. The molecule has 0 heterocycles. The smallest absolute Gasteiger partial charge is 0.138 e. The van der Waals surface area contributed by atoms with Gasteiger partial charge in [-0.15, -0.1) is 0 Å². The van der Waals surface area contributed by atoms with E-state index in [1.165, 1.54) is 0 Å². The number of carbonyl (C=O) groups is 1. The van der Waals surface area contributed by atoms with E-state index in [1.807, 2.05) is 20.8 Å². The Balaban J connectivity index is 3.71. The average Bonchev–Trinajstić information content (AvgIpc) is 1.87. The van der Waals surface area contributed by atoms with E-state index in [0.717, 1.165) is 6.42 Å². The number of hydrogen-bond acceptors (Lipinski definition) is 2. The Morgan fingerprint density at radius 2 is 1.90 bits per heavy atom. The van der Waals surface area contributed by atoms with Gasteiger partial charge in [0.2, 0.25) is 0 Å². The van der Waals surface area contributed by atoms with Crippen LogP contribution in [-0.2, 0) is 4.79 Å². The SMILES string of the molecule is CC(C)C(=O)[C@@H](C)CCN. The monoisotopic (exact) mass is 143 g/mol. The first-order valence-corrected chi connectivity index (χ1v) is 3.83. The molecular weight excluding hydrogens is 126 g/mol. The number of Topliss-reactive ketones (excluding diaryl/α,β-unsaturated/α-hetero) is 1. The third-order valence-electron chi connectivity index (χ3n) is 1.65. The van der Waals surface area contributed by atoms with Gasteiger partial charge in [-0.05, 0) is 13.0 Å². The van der Waals surface area contributed by atoms with Crippen LogP contribution in [0, 0.1) is 11.8 Å². The van der Waals surface area contributed by atoms with Gasteiger partial charge in [-0.2, -0.15) is 0 Å². The second kappa shape index (κ2) is 4.45. The van der Waals surface area contributed by atoms with Crippen LogP contribution >= 0.6 is 0 Å². The van der Waals surface area contributed by atoms with E-state index in [0.29, 0.717) is 12.3 Å². The standard InChI is InChI=1S/C8H17NO/c1-6(2)8(10)7(3)4-5-9/h6-7H,4-5,9H2,1-3H3/t7-/m0/s1. The van der Waals surface area contributed by atoms with Gasteiger partial charge < -0.3 is 5.73 Å². The van der Waals surface area contributed by atoms with Gasteiger partial charge in [-0.1, -0.05) is 20.8 Å². The fraction of sp³-hybridized carbons (Fsp3) is 0.875. The topological polar surface area (TPSA) is 43.1 Å². The van der Waals surface area contributed by atoms with E-state index in [-0.39, 0.29) is 11.8 Å². The first-order valence-electron chi connectivity index (χ1n) is 3.83. The number of nitrogens with two attached hydrogens (primary N) is 1. The molecule has 0 bridgehead atoms. The van der Waals surface area contributed by atoms with Crippen LogP contribution in [0.1, 0.15) is 27.2 Å². The molecule has 0 aromatic heterocycles. The second-order valence-electron chi connectivity index (χ2n) is 3.04. The Morgan fingerprint density at radius 3 is 2.20 bits per heavy atom. The lowest BCUT2D eigenvalue weighted by Crippen LogP contribution is -2.19. The minimum absolute atomic E-state index is 0.144. The summed E-state index contributed by atoms with van der Waals surface area (Å²) >= 11 is 0. The number of rotatable bonds is 4. The normalized spacial score (nSPS) is 13.7. The molecule has 0 aromatic carbocycles. The molecule has 0 rings (SSSR count). The molecule has 0 radical (unpaired) electrons. The van der Waals surface area contributed by atoms with E-state index in [1.54, 1.807) is 0 Å². The Labute approximate surface area is 62.8 Å². The van der Waals surface area contributed by atoms with Crippen LogP contribution in [0.5, 0.6) is 0 Å². The lowest BCUT2D eigenvalue weighted by atomic mass is 9.94. The molecule has 2 N–H and O–H groups in total. The van der Waals surface area contributed by atoms with Gasteiger partial charge in [0.05, 0.1) is 0 Å². The molecule has 0 aliphatic carbocycles. The van der Waals surface area contributed by atoms with E-state index in [2.05, 4.69) is 0 Å². The second-order valence-corrected chi connectivity index (χ2v) is 3.04. The Bertz CT molecular complexity index is 110. The van der Waals surface area contributed by atoms with Crippen LogP contribution in [-0.4, -0.2) is 12.3 Å². The molecule has 0 amide bonds. The Morgan fingerprint density at radius 1 is 1.40 bits per heavy atom.